The van der Waals surface area contributed by atoms with Gasteiger partial charge in [0.25, 0.3) is 0 Å². The van der Waals surface area contributed by atoms with E-state index in [0.29, 0.717) is 18.2 Å². The molecule has 0 amide bonds. The number of fused-ring (bicyclic) bond motifs is 1. The predicted molar refractivity (Wildman–Crippen MR) is 72.3 cm³/mol. The van der Waals surface area contributed by atoms with Crippen LogP contribution in [0.1, 0.15) is 24.2 Å². The Labute approximate surface area is 124 Å². The average Bonchev–Trinajstić information content (AvgIpc) is 3.04. The van der Waals surface area contributed by atoms with Gasteiger partial charge in [0.1, 0.15) is 5.82 Å². The molecule has 8 heteroatoms. The standard InChI is InChI=1S/C13H14ClF3N4/c14-10-5-9(13(15,16)17)7-21-11(19-20-12(10)21)2-1-8-3-4-18-6-8/h5,7-8,18H,1-4,6H2. The number of hydrogen-bond acceptors (Lipinski definition) is 3. The largest absolute Gasteiger partial charge is 0.417 e. The number of halogens is 4. The molecule has 0 aliphatic carbocycles. The van der Waals surface area contributed by atoms with E-state index >= 15 is 0 Å². The highest BCUT2D eigenvalue weighted by Gasteiger charge is 2.32. The number of alkyl halides is 3. The maximum Gasteiger partial charge on any atom is 0.417 e. The summed E-state index contributed by atoms with van der Waals surface area (Å²) in [6, 6.07) is 0.885. The van der Waals surface area contributed by atoms with Crippen molar-refractivity contribution in [3.05, 3.63) is 28.7 Å². The Balaban J connectivity index is 1.90. The molecule has 4 nitrogen and oxygen atoms in total. The second kappa shape index (κ2) is 5.46. The Morgan fingerprint density at radius 3 is 2.86 bits per heavy atom. The van der Waals surface area contributed by atoms with Crippen LogP contribution in [0.15, 0.2) is 12.3 Å². The monoisotopic (exact) mass is 318 g/mol. The lowest BCUT2D eigenvalue weighted by Gasteiger charge is -2.10. The van der Waals surface area contributed by atoms with E-state index in [2.05, 4.69) is 15.5 Å². The zero-order valence-corrected chi connectivity index (χ0v) is 11.9. The summed E-state index contributed by atoms with van der Waals surface area (Å²) in [6.07, 6.45) is -0.865. The van der Waals surface area contributed by atoms with Gasteiger partial charge >= 0.3 is 6.18 Å². The zero-order valence-electron chi connectivity index (χ0n) is 11.1. The van der Waals surface area contributed by atoms with E-state index in [1.54, 1.807) is 0 Å². The van der Waals surface area contributed by atoms with Crippen LogP contribution in [0.5, 0.6) is 0 Å². The Morgan fingerprint density at radius 2 is 2.19 bits per heavy atom. The lowest BCUT2D eigenvalue weighted by atomic mass is 10.0. The van der Waals surface area contributed by atoms with Crippen LogP contribution in [0, 0.1) is 5.92 Å². The van der Waals surface area contributed by atoms with Gasteiger partial charge in [-0.05, 0) is 37.9 Å². The molecule has 0 spiro atoms. The van der Waals surface area contributed by atoms with Crippen LogP contribution in [0.2, 0.25) is 5.02 Å². The molecule has 0 saturated carbocycles. The molecular formula is C13H14ClF3N4. The summed E-state index contributed by atoms with van der Waals surface area (Å²) in [6.45, 7) is 1.95. The minimum Gasteiger partial charge on any atom is -0.316 e. The van der Waals surface area contributed by atoms with Gasteiger partial charge in [-0.3, -0.25) is 4.40 Å². The molecule has 21 heavy (non-hydrogen) atoms. The minimum absolute atomic E-state index is 0.0360. The average molecular weight is 319 g/mol. The van der Waals surface area contributed by atoms with E-state index in [1.165, 1.54) is 4.40 Å². The van der Waals surface area contributed by atoms with Crippen LogP contribution in [-0.2, 0) is 12.6 Å². The highest BCUT2D eigenvalue weighted by molar-refractivity contribution is 6.33. The number of rotatable bonds is 3. The smallest absolute Gasteiger partial charge is 0.316 e. The molecule has 1 N–H and O–H groups in total. The molecule has 1 atom stereocenters. The highest BCUT2D eigenvalue weighted by Crippen LogP contribution is 2.32. The van der Waals surface area contributed by atoms with E-state index in [1.807, 2.05) is 0 Å². The van der Waals surface area contributed by atoms with Gasteiger partial charge < -0.3 is 5.32 Å². The molecule has 3 rings (SSSR count). The number of aryl methyl sites for hydroxylation is 1. The topological polar surface area (TPSA) is 42.2 Å². The van der Waals surface area contributed by atoms with Crippen molar-refractivity contribution in [3.63, 3.8) is 0 Å². The lowest BCUT2D eigenvalue weighted by Crippen LogP contribution is -2.11. The van der Waals surface area contributed by atoms with Crippen LogP contribution in [-0.4, -0.2) is 27.7 Å². The van der Waals surface area contributed by atoms with Gasteiger partial charge in [0.2, 0.25) is 0 Å². The first kappa shape index (κ1) is 14.6. The summed E-state index contributed by atoms with van der Waals surface area (Å²) in [5, 5.41) is 11.1. The summed E-state index contributed by atoms with van der Waals surface area (Å²) in [5.74, 6) is 1.06. The van der Waals surface area contributed by atoms with E-state index < -0.39 is 11.7 Å². The molecule has 0 bridgehead atoms. The van der Waals surface area contributed by atoms with Gasteiger partial charge in [0, 0.05) is 12.6 Å². The second-order valence-corrected chi connectivity index (χ2v) is 5.69. The molecular weight excluding hydrogens is 305 g/mol. The van der Waals surface area contributed by atoms with Crippen molar-refractivity contribution in [3.8, 4) is 0 Å². The molecule has 2 aromatic rings. The Bertz CT molecular complexity index is 647. The first-order valence-corrected chi connectivity index (χ1v) is 7.14. The van der Waals surface area contributed by atoms with E-state index in [9.17, 15) is 13.2 Å². The summed E-state index contributed by atoms with van der Waals surface area (Å²) in [7, 11) is 0. The third-order valence-corrected chi connectivity index (χ3v) is 4.07. The maximum atomic E-state index is 12.8. The van der Waals surface area contributed by atoms with Crippen molar-refractivity contribution in [2.45, 2.75) is 25.4 Å². The fourth-order valence-corrected chi connectivity index (χ4v) is 2.87. The van der Waals surface area contributed by atoms with Crippen LogP contribution < -0.4 is 5.32 Å². The van der Waals surface area contributed by atoms with Crippen molar-refractivity contribution in [1.82, 2.24) is 19.9 Å². The van der Waals surface area contributed by atoms with Gasteiger partial charge in [0.05, 0.1) is 10.6 Å². The first-order chi connectivity index (χ1) is 9.95. The Hall–Kier alpha value is -1.34. The third kappa shape index (κ3) is 2.98. The molecule has 1 aliphatic heterocycles. The number of hydrogen-bond donors (Lipinski definition) is 1. The number of nitrogens with zero attached hydrogens (tertiary/aromatic N) is 3. The molecule has 1 aliphatic rings. The van der Waals surface area contributed by atoms with Crippen molar-refractivity contribution in [2.24, 2.45) is 5.92 Å². The van der Waals surface area contributed by atoms with E-state index in [0.717, 1.165) is 38.2 Å². The molecule has 0 aromatic carbocycles. The minimum atomic E-state index is -4.44. The molecule has 0 radical (unpaired) electrons. The fraction of sp³-hybridized carbons (Fsp3) is 0.538. The normalized spacial score (nSPS) is 19.5. The second-order valence-electron chi connectivity index (χ2n) is 5.28. The molecule has 2 aromatic heterocycles. The Kier molecular flexibility index (Phi) is 3.79. The molecule has 114 valence electrons. The van der Waals surface area contributed by atoms with Gasteiger partial charge in [-0.15, -0.1) is 10.2 Å². The van der Waals surface area contributed by atoms with E-state index in [4.69, 9.17) is 11.6 Å². The molecule has 1 saturated heterocycles. The van der Waals surface area contributed by atoms with Crippen LogP contribution in [0.4, 0.5) is 13.2 Å². The predicted octanol–water partition coefficient (Wildman–Crippen LogP) is 2.94. The summed E-state index contributed by atoms with van der Waals surface area (Å²) >= 11 is 5.88. The van der Waals surface area contributed by atoms with Crippen molar-refractivity contribution in [2.75, 3.05) is 13.1 Å². The maximum absolute atomic E-state index is 12.8. The van der Waals surface area contributed by atoms with Crippen LogP contribution in [0.3, 0.4) is 0 Å². The molecule has 1 unspecified atom stereocenters. The summed E-state index contributed by atoms with van der Waals surface area (Å²) in [4.78, 5) is 0. The molecule has 1 fully saturated rings. The SMILES string of the molecule is FC(F)(F)c1cc(Cl)c2nnc(CCC3CCNC3)n2c1. The molecule has 3 heterocycles. The highest BCUT2D eigenvalue weighted by atomic mass is 35.5. The van der Waals surface area contributed by atoms with Gasteiger partial charge in [-0.1, -0.05) is 11.6 Å². The van der Waals surface area contributed by atoms with Crippen LogP contribution in [0.25, 0.3) is 5.65 Å². The van der Waals surface area contributed by atoms with Gasteiger partial charge in [-0.25, -0.2) is 0 Å². The van der Waals surface area contributed by atoms with Gasteiger partial charge in [-0.2, -0.15) is 13.2 Å². The fourth-order valence-electron chi connectivity index (χ4n) is 2.62. The Morgan fingerprint density at radius 1 is 1.38 bits per heavy atom. The lowest BCUT2D eigenvalue weighted by molar-refractivity contribution is -0.137. The first-order valence-electron chi connectivity index (χ1n) is 6.76. The van der Waals surface area contributed by atoms with Crippen molar-refractivity contribution in [1.29, 1.82) is 0 Å². The number of aromatic nitrogens is 3. The summed E-state index contributed by atoms with van der Waals surface area (Å²) in [5.41, 5.74) is -0.521. The summed E-state index contributed by atoms with van der Waals surface area (Å²) < 4.78 is 39.9. The van der Waals surface area contributed by atoms with Crippen LogP contribution >= 0.6 is 11.6 Å². The van der Waals surface area contributed by atoms with Crippen molar-refractivity contribution >= 4 is 17.2 Å². The number of pyridine rings is 1. The number of nitrogens with one attached hydrogen (secondary N) is 1. The van der Waals surface area contributed by atoms with Gasteiger partial charge in [0.15, 0.2) is 5.65 Å². The van der Waals surface area contributed by atoms with Crippen molar-refractivity contribution < 1.29 is 13.2 Å². The quantitative estimate of drug-likeness (QED) is 0.946. The van der Waals surface area contributed by atoms with E-state index in [-0.39, 0.29) is 10.7 Å². The zero-order chi connectivity index (χ0) is 15.0. The third-order valence-electron chi connectivity index (χ3n) is 3.80.